The molecule has 16 heavy (non-hydrogen) atoms. The molecule has 0 N–H and O–H groups in total. The first-order valence-corrected chi connectivity index (χ1v) is 7.36. The summed E-state index contributed by atoms with van der Waals surface area (Å²) in [5, 5.41) is 0. The van der Waals surface area contributed by atoms with Gasteiger partial charge in [-0.25, -0.2) is 0 Å². The highest BCUT2D eigenvalue weighted by atomic mass is 15.1. The third-order valence-electron chi connectivity index (χ3n) is 3.16. The Kier molecular flexibility index (Phi) is 13.0. The molecule has 0 saturated heterocycles. The zero-order valence-corrected chi connectivity index (χ0v) is 11.6. The highest BCUT2D eigenvalue weighted by molar-refractivity contribution is 4.56. The van der Waals surface area contributed by atoms with E-state index in [0.29, 0.717) is 0 Å². The van der Waals surface area contributed by atoms with Gasteiger partial charge in [0.15, 0.2) is 0 Å². The third kappa shape index (κ3) is 12.0. The minimum absolute atomic E-state index is 1.19. The number of nitrogens with zero attached hydrogens (tertiary/aromatic N) is 1. The van der Waals surface area contributed by atoms with Crippen molar-refractivity contribution in [2.75, 3.05) is 13.1 Å². The monoisotopic (exact) mass is 226 g/mol. The Morgan fingerprint density at radius 2 is 1.00 bits per heavy atom. The van der Waals surface area contributed by atoms with Crippen LogP contribution >= 0.6 is 0 Å². The van der Waals surface area contributed by atoms with E-state index in [0.717, 1.165) is 0 Å². The Morgan fingerprint density at radius 1 is 0.625 bits per heavy atom. The van der Waals surface area contributed by atoms with Crippen LogP contribution in [0.1, 0.15) is 78.1 Å². The summed E-state index contributed by atoms with van der Waals surface area (Å²) in [6.07, 6.45) is 13.7. The van der Waals surface area contributed by atoms with Gasteiger partial charge in [0.2, 0.25) is 0 Å². The molecule has 0 fully saturated rings. The molecule has 0 rings (SSSR count). The molecule has 97 valence electrons. The molecule has 0 aliphatic heterocycles. The lowest BCUT2D eigenvalue weighted by Gasteiger charge is -2.15. The van der Waals surface area contributed by atoms with Crippen LogP contribution in [0.3, 0.4) is 0 Å². The van der Waals surface area contributed by atoms with Gasteiger partial charge in [0.25, 0.3) is 0 Å². The summed E-state index contributed by atoms with van der Waals surface area (Å²) in [7, 11) is 4.11. The van der Waals surface area contributed by atoms with Crippen molar-refractivity contribution in [3.05, 3.63) is 7.05 Å². The van der Waals surface area contributed by atoms with Crippen molar-refractivity contribution in [3.8, 4) is 0 Å². The normalized spacial score (nSPS) is 11.2. The van der Waals surface area contributed by atoms with E-state index < -0.39 is 0 Å². The lowest BCUT2D eigenvalue weighted by molar-refractivity contribution is 0.345. The van der Waals surface area contributed by atoms with Gasteiger partial charge in [-0.2, -0.15) is 0 Å². The van der Waals surface area contributed by atoms with E-state index in [1.54, 1.807) is 0 Å². The molecule has 0 spiro atoms. The van der Waals surface area contributed by atoms with Crippen LogP contribution in [0.5, 0.6) is 0 Å². The number of unbranched alkanes of at least 4 members (excludes halogenated alkanes) is 8. The van der Waals surface area contributed by atoms with E-state index >= 15 is 0 Å². The molecule has 1 radical (unpaired) electrons. The largest absolute Gasteiger partial charge is 0.302 e. The summed E-state index contributed by atoms with van der Waals surface area (Å²) in [6, 6.07) is 0. The summed E-state index contributed by atoms with van der Waals surface area (Å²) >= 11 is 0. The van der Waals surface area contributed by atoms with Crippen LogP contribution in [-0.4, -0.2) is 18.0 Å². The van der Waals surface area contributed by atoms with Crippen LogP contribution in [0.2, 0.25) is 0 Å². The molecule has 1 heteroatoms. The van der Waals surface area contributed by atoms with Gasteiger partial charge in [-0.15, -0.1) is 0 Å². The number of hydrogen-bond acceptors (Lipinski definition) is 1. The molecule has 0 aromatic carbocycles. The van der Waals surface area contributed by atoms with Gasteiger partial charge < -0.3 is 4.90 Å². The maximum absolute atomic E-state index is 4.11. The molecular weight excluding hydrogens is 194 g/mol. The molecule has 0 heterocycles. The number of rotatable bonds is 12. The van der Waals surface area contributed by atoms with Gasteiger partial charge in [-0.1, -0.05) is 65.2 Å². The van der Waals surface area contributed by atoms with Gasteiger partial charge in [-0.05, 0) is 25.9 Å². The molecule has 0 aromatic heterocycles. The molecule has 0 amide bonds. The van der Waals surface area contributed by atoms with E-state index in [-0.39, 0.29) is 0 Å². The molecule has 0 unspecified atom stereocenters. The summed E-state index contributed by atoms with van der Waals surface area (Å²) in [4.78, 5) is 2.26. The summed E-state index contributed by atoms with van der Waals surface area (Å²) < 4.78 is 0. The van der Waals surface area contributed by atoms with Crippen molar-refractivity contribution < 1.29 is 0 Å². The first-order chi connectivity index (χ1) is 7.81. The van der Waals surface area contributed by atoms with E-state index in [1.165, 1.54) is 77.3 Å². The SMILES string of the molecule is [CH2]N(CCCCCCC)CCCCCCC. The van der Waals surface area contributed by atoms with Gasteiger partial charge in [0, 0.05) is 7.05 Å². The Balaban J connectivity index is 3.09. The van der Waals surface area contributed by atoms with Crippen molar-refractivity contribution in [2.24, 2.45) is 0 Å². The summed E-state index contributed by atoms with van der Waals surface area (Å²) in [5.74, 6) is 0. The van der Waals surface area contributed by atoms with Crippen LogP contribution < -0.4 is 0 Å². The van der Waals surface area contributed by atoms with Crippen molar-refractivity contribution in [3.63, 3.8) is 0 Å². The topological polar surface area (TPSA) is 3.24 Å². The minimum atomic E-state index is 1.19. The van der Waals surface area contributed by atoms with Crippen molar-refractivity contribution in [2.45, 2.75) is 78.1 Å². The molecular formula is C15H32N. The fourth-order valence-electron chi connectivity index (χ4n) is 1.99. The molecule has 1 nitrogen and oxygen atoms in total. The summed E-state index contributed by atoms with van der Waals surface area (Å²) in [6.45, 7) is 6.92. The van der Waals surface area contributed by atoms with Gasteiger partial charge >= 0.3 is 0 Å². The molecule has 0 saturated carbocycles. The second-order valence-corrected chi connectivity index (χ2v) is 4.95. The average Bonchev–Trinajstić information content (AvgIpc) is 2.28. The zero-order valence-electron chi connectivity index (χ0n) is 11.6. The molecule has 0 aliphatic rings. The second-order valence-electron chi connectivity index (χ2n) is 4.95. The predicted octanol–water partition coefficient (Wildman–Crippen LogP) is 5.02. The molecule has 0 aromatic rings. The second kappa shape index (κ2) is 13.0. The maximum Gasteiger partial charge on any atom is 0.0109 e. The van der Waals surface area contributed by atoms with Gasteiger partial charge in [0.1, 0.15) is 0 Å². The number of hydrogen-bond donors (Lipinski definition) is 0. The molecule has 0 bridgehead atoms. The fourth-order valence-corrected chi connectivity index (χ4v) is 1.99. The molecule has 0 atom stereocenters. The Labute approximate surface area is 104 Å². The van der Waals surface area contributed by atoms with Crippen molar-refractivity contribution >= 4 is 0 Å². The molecule has 0 aliphatic carbocycles. The smallest absolute Gasteiger partial charge is 0.0109 e. The highest BCUT2D eigenvalue weighted by Crippen LogP contribution is 2.06. The lowest BCUT2D eigenvalue weighted by atomic mass is 10.1. The van der Waals surface area contributed by atoms with Crippen LogP contribution in [0.25, 0.3) is 0 Å². The summed E-state index contributed by atoms with van der Waals surface area (Å²) in [5.41, 5.74) is 0. The Bertz CT molecular complexity index is 109. The highest BCUT2D eigenvalue weighted by Gasteiger charge is 1.98. The van der Waals surface area contributed by atoms with Crippen molar-refractivity contribution in [1.29, 1.82) is 0 Å². The van der Waals surface area contributed by atoms with E-state index in [4.69, 9.17) is 0 Å². The van der Waals surface area contributed by atoms with Gasteiger partial charge in [0.05, 0.1) is 0 Å². The average molecular weight is 226 g/mol. The maximum atomic E-state index is 4.11. The Hall–Kier alpha value is -0.0400. The lowest BCUT2D eigenvalue weighted by Crippen LogP contribution is -2.18. The first-order valence-electron chi connectivity index (χ1n) is 7.36. The zero-order chi connectivity index (χ0) is 12.1. The van der Waals surface area contributed by atoms with E-state index in [9.17, 15) is 0 Å². The first kappa shape index (κ1) is 16.0. The van der Waals surface area contributed by atoms with Gasteiger partial charge in [-0.3, -0.25) is 0 Å². The Morgan fingerprint density at radius 3 is 1.38 bits per heavy atom. The van der Waals surface area contributed by atoms with Crippen LogP contribution in [0, 0.1) is 7.05 Å². The van der Waals surface area contributed by atoms with E-state index in [2.05, 4.69) is 25.8 Å². The standard InChI is InChI=1S/C15H32N/c1-4-6-8-10-12-14-16(3)15-13-11-9-7-5-2/h3-15H2,1-2H3. The third-order valence-corrected chi connectivity index (χ3v) is 3.16. The minimum Gasteiger partial charge on any atom is -0.302 e. The predicted molar refractivity (Wildman–Crippen MR) is 74.4 cm³/mol. The van der Waals surface area contributed by atoms with E-state index in [1.807, 2.05) is 0 Å². The van der Waals surface area contributed by atoms with Crippen LogP contribution in [0.4, 0.5) is 0 Å². The van der Waals surface area contributed by atoms with Crippen molar-refractivity contribution in [1.82, 2.24) is 4.90 Å². The van der Waals surface area contributed by atoms with Crippen LogP contribution in [0.15, 0.2) is 0 Å². The quantitative estimate of drug-likeness (QED) is 0.422. The fraction of sp³-hybridized carbons (Fsp3) is 0.933. The van der Waals surface area contributed by atoms with Crippen LogP contribution in [-0.2, 0) is 0 Å².